The second-order valence-electron chi connectivity index (χ2n) is 3.32. The molecule has 0 fully saturated rings. The largest absolute Gasteiger partial charge is 0.478 e. The number of hydrogen-bond acceptors (Lipinski definition) is 3. The second-order valence-corrected chi connectivity index (χ2v) is 4.82. The summed E-state index contributed by atoms with van der Waals surface area (Å²) in [6, 6.07) is 4.84. The van der Waals surface area contributed by atoms with E-state index in [9.17, 15) is 9.90 Å². The van der Waals surface area contributed by atoms with Crippen LogP contribution in [0, 0.1) is 0 Å². The van der Waals surface area contributed by atoms with Crippen LogP contribution in [0.4, 0.5) is 0 Å². The molecule has 0 aromatic heterocycles. The number of thioether (sulfide) groups is 1. The van der Waals surface area contributed by atoms with E-state index in [0.717, 1.165) is 4.90 Å². The summed E-state index contributed by atoms with van der Waals surface area (Å²) >= 11 is 7.16. The Bertz CT molecular complexity index is 381. The molecule has 1 aromatic carbocycles. The third-order valence-electron chi connectivity index (χ3n) is 2.08. The molecule has 0 saturated carbocycles. The molecular formula is C11H13ClO3S. The monoisotopic (exact) mass is 260 g/mol. The molecule has 0 amide bonds. The van der Waals surface area contributed by atoms with E-state index in [0.29, 0.717) is 12.2 Å². The van der Waals surface area contributed by atoms with Crippen molar-refractivity contribution >= 4 is 29.3 Å². The van der Waals surface area contributed by atoms with Gasteiger partial charge in [-0.05, 0) is 24.6 Å². The van der Waals surface area contributed by atoms with E-state index in [1.165, 1.54) is 17.8 Å². The van der Waals surface area contributed by atoms with E-state index < -0.39 is 5.97 Å². The first-order chi connectivity index (χ1) is 7.54. The van der Waals surface area contributed by atoms with E-state index in [1.807, 2.05) is 6.92 Å². The number of carbonyl (C=O) groups is 1. The first kappa shape index (κ1) is 13.4. The Labute approximate surface area is 103 Å². The Morgan fingerprint density at radius 3 is 2.81 bits per heavy atom. The SMILES string of the molecule is CCC(O)CSc1ccc(Cl)c(C(=O)O)c1. The Morgan fingerprint density at radius 2 is 2.25 bits per heavy atom. The van der Waals surface area contributed by atoms with Gasteiger partial charge in [-0.3, -0.25) is 0 Å². The van der Waals surface area contributed by atoms with Crippen LogP contribution in [-0.2, 0) is 0 Å². The van der Waals surface area contributed by atoms with Gasteiger partial charge in [-0.2, -0.15) is 0 Å². The molecule has 0 aliphatic rings. The van der Waals surface area contributed by atoms with Gasteiger partial charge >= 0.3 is 5.97 Å². The van der Waals surface area contributed by atoms with Crippen molar-refractivity contribution in [1.82, 2.24) is 0 Å². The van der Waals surface area contributed by atoms with Crippen LogP contribution in [0.15, 0.2) is 23.1 Å². The van der Waals surface area contributed by atoms with Crippen molar-refractivity contribution in [3.05, 3.63) is 28.8 Å². The Kier molecular flexibility index (Phi) is 5.12. The number of benzene rings is 1. The predicted octanol–water partition coefficient (Wildman–Crippen LogP) is 2.90. The highest BCUT2D eigenvalue weighted by Gasteiger charge is 2.10. The quantitative estimate of drug-likeness (QED) is 0.800. The Hall–Kier alpha value is -0.710. The molecule has 1 aromatic rings. The summed E-state index contributed by atoms with van der Waals surface area (Å²) in [5, 5.41) is 18.5. The summed E-state index contributed by atoms with van der Waals surface area (Å²) in [6.45, 7) is 1.90. The lowest BCUT2D eigenvalue weighted by Gasteiger charge is -2.08. The minimum absolute atomic E-state index is 0.0951. The van der Waals surface area contributed by atoms with Gasteiger partial charge in [-0.25, -0.2) is 4.79 Å². The van der Waals surface area contributed by atoms with E-state index in [-0.39, 0.29) is 16.7 Å². The maximum absolute atomic E-state index is 10.8. The average molecular weight is 261 g/mol. The molecule has 0 bridgehead atoms. The smallest absolute Gasteiger partial charge is 0.337 e. The van der Waals surface area contributed by atoms with Gasteiger partial charge in [-0.1, -0.05) is 18.5 Å². The third kappa shape index (κ3) is 3.70. The van der Waals surface area contributed by atoms with Crippen LogP contribution in [0.25, 0.3) is 0 Å². The first-order valence-electron chi connectivity index (χ1n) is 4.88. The molecule has 16 heavy (non-hydrogen) atoms. The van der Waals surface area contributed by atoms with Crippen LogP contribution >= 0.6 is 23.4 Å². The van der Waals surface area contributed by atoms with Crippen LogP contribution in [0.2, 0.25) is 5.02 Å². The molecule has 0 saturated heterocycles. The lowest BCUT2D eigenvalue weighted by Crippen LogP contribution is -2.07. The van der Waals surface area contributed by atoms with Crippen LogP contribution in [0.3, 0.4) is 0 Å². The number of carboxylic acid groups (broad SMARTS) is 1. The van der Waals surface area contributed by atoms with Crippen molar-refractivity contribution in [2.45, 2.75) is 24.3 Å². The number of halogens is 1. The number of rotatable bonds is 5. The third-order valence-corrected chi connectivity index (χ3v) is 3.55. The fourth-order valence-corrected chi connectivity index (χ4v) is 2.25. The molecule has 2 N–H and O–H groups in total. The summed E-state index contributed by atoms with van der Waals surface area (Å²) in [7, 11) is 0. The van der Waals surface area contributed by atoms with Gasteiger partial charge in [0.15, 0.2) is 0 Å². The van der Waals surface area contributed by atoms with Gasteiger partial charge in [-0.15, -0.1) is 11.8 Å². The zero-order valence-corrected chi connectivity index (χ0v) is 10.4. The molecule has 5 heteroatoms. The number of hydrogen-bond donors (Lipinski definition) is 2. The number of carboxylic acids is 1. The first-order valence-corrected chi connectivity index (χ1v) is 6.24. The maximum atomic E-state index is 10.8. The van der Waals surface area contributed by atoms with Gasteiger partial charge in [0.1, 0.15) is 0 Å². The van der Waals surface area contributed by atoms with Crippen LogP contribution in [0.5, 0.6) is 0 Å². The minimum atomic E-state index is -1.04. The summed E-state index contributed by atoms with van der Waals surface area (Å²) in [5.74, 6) is -0.486. The second kappa shape index (κ2) is 6.13. The molecule has 1 unspecified atom stereocenters. The molecule has 1 rings (SSSR count). The van der Waals surface area contributed by atoms with Gasteiger partial charge < -0.3 is 10.2 Å². The van der Waals surface area contributed by atoms with Gasteiger partial charge in [0.05, 0.1) is 16.7 Å². The van der Waals surface area contributed by atoms with Crippen LogP contribution in [-0.4, -0.2) is 28.0 Å². The van der Waals surface area contributed by atoms with Gasteiger partial charge in [0, 0.05) is 10.6 Å². The van der Waals surface area contributed by atoms with E-state index in [2.05, 4.69) is 0 Å². The van der Waals surface area contributed by atoms with Crippen molar-refractivity contribution in [2.24, 2.45) is 0 Å². The number of aromatic carboxylic acids is 1. The van der Waals surface area contributed by atoms with Crippen molar-refractivity contribution in [2.75, 3.05) is 5.75 Å². The molecule has 0 aliphatic carbocycles. The predicted molar refractivity (Wildman–Crippen MR) is 65.4 cm³/mol. The van der Waals surface area contributed by atoms with Gasteiger partial charge in [0.2, 0.25) is 0 Å². The summed E-state index contributed by atoms with van der Waals surface area (Å²) in [4.78, 5) is 11.6. The topological polar surface area (TPSA) is 57.5 Å². The maximum Gasteiger partial charge on any atom is 0.337 e. The van der Waals surface area contributed by atoms with Crippen molar-refractivity contribution in [1.29, 1.82) is 0 Å². The molecule has 0 radical (unpaired) electrons. The van der Waals surface area contributed by atoms with E-state index in [1.54, 1.807) is 12.1 Å². The number of aliphatic hydroxyl groups is 1. The van der Waals surface area contributed by atoms with Crippen molar-refractivity contribution in [3.8, 4) is 0 Å². The van der Waals surface area contributed by atoms with Crippen LogP contribution < -0.4 is 0 Å². The molecule has 88 valence electrons. The highest BCUT2D eigenvalue weighted by atomic mass is 35.5. The summed E-state index contributed by atoms with van der Waals surface area (Å²) < 4.78 is 0. The lowest BCUT2D eigenvalue weighted by molar-refractivity contribution is 0.0697. The normalized spacial score (nSPS) is 12.4. The van der Waals surface area contributed by atoms with Gasteiger partial charge in [0.25, 0.3) is 0 Å². The van der Waals surface area contributed by atoms with E-state index >= 15 is 0 Å². The number of aliphatic hydroxyl groups excluding tert-OH is 1. The highest BCUT2D eigenvalue weighted by Crippen LogP contribution is 2.25. The standard InChI is InChI=1S/C11H13ClO3S/c1-2-7(13)6-16-8-3-4-10(12)9(5-8)11(14)15/h3-5,7,13H,2,6H2,1H3,(H,14,15). The molecule has 0 spiro atoms. The highest BCUT2D eigenvalue weighted by molar-refractivity contribution is 7.99. The average Bonchev–Trinajstić information content (AvgIpc) is 2.27. The van der Waals surface area contributed by atoms with Crippen molar-refractivity contribution in [3.63, 3.8) is 0 Å². The molecule has 0 heterocycles. The minimum Gasteiger partial charge on any atom is -0.478 e. The lowest BCUT2D eigenvalue weighted by atomic mass is 10.2. The summed E-state index contributed by atoms with van der Waals surface area (Å²) in [5.41, 5.74) is 0.0951. The molecule has 1 atom stereocenters. The fraction of sp³-hybridized carbons (Fsp3) is 0.364. The molecule has 3 nitrogen and oxygen atoms in total. The zero-order valence-electron chi connectivity index (χ0n) is 8.81. The Balaban J connectivity index is 2.75. The zero-order chi connectivity index (χ0) is 12.1. The van der Waals surface area contributed by atoms with Crippen molar-refractivity contribution < 1.29 is 15.0 Å². The van der Waals surface area contributed by atoms with Crippen LogP contribution in [0.1, 0.15) is 23.7 Å². The fourth-order valence-electron chi connectivity index (χ4n) is 1.07. The molecular weight excluding hydrogens is 248 g/mol. The molecule has 0 aliphatic heterocycles. The Morgan fingerprint density at radius 1 is 1.56 bits per heavy atom. The summed E-state index contributed by atoms with van der Waals surface area (Å²) in [6.07, 6.45) is 0.320. The van der Waals surface area contributed by atoms with E-state index in [4.69, 9.17) is 16.7 Å².